The van der Waals surface area contributed by atoms with Gasteiger partial charge in [-0.15, -0.1) is 0 Å². The van der Waals surface area contributed by atoms with Crippen molar-refractivity contribution in [1.29, 1.82) is 0 Å². The molecule has 2 nitrogen and oxygen atoms in total. The molecular weight excluding hydrogens is 241 g/mol. The van der Waals surface area contributed by atoms with E-state index in [2.05, 4.69) is 15.9 Å². The fraction of sp³-hybridized carbons (Fsp3) is 0.250. The Hall–Kier alpha value is -0.410. The number of nitrogen functional groups attached to an aromatic ring is 1. The molecule has 0 heterocycles. The summed E-state index contributed by atoms with van der Waals surface area (Å²) in [7, 11) is 0. The standard InChI is InChI=1S/C8H9BrClNO/c1-2-12-8-6(9)3-5(10)4-7(8)11/h3-4H,2,11H2,1H3. The largest absolute Gasteiger partial charge is 0.491 e. The maximum absolute atomic E-state index is 5.76. The molecule has 0 aliphatic rings. The number of benzene rings is 1. The van der Waals surface area contributed by atoms with Crippen LogP contribution in [0.4, 0.5) is 5.69 Å². The highest BCUT2D eigenvalue weighted by atomic mass is 79.9. The Kier molecular flexibility index (Phi) is 3.23. The summed E-state index contributed by atoms with van der Waals surface area (Å²) in [5, 5.41) is 0.600. The molecule has 0 spiro atoms. The third-order valence-corrected chi connectivity index (χ3v) is 2.13. The van der Waals surface area contributed by atoms with E-state index < -0.39 is 0 Å². The van der Waals surface area contributed by atoms with Crippen LogP contribution in [0, 0.1) is 0 Å². The van der Waals surface area contributed by atoms with E-state index in [9.17, 15) is 0 Å². The molecule has 4 heteroatoms. The Morgan fingerprint density at radius 2 is 2.25 bits per heavy atom. The number of anilines is 1. The Labute approximate surface area is 84.8 Å². The van der Waals surface area contributed by atoms with Gasteiger partial charge in [-0.3, -0.25) is 0 Å². The summed E-state index contributed by atoms with van der Waals surface area (Å²) in [6, 6.07) is 3.42. The quantitative estimate of drug-likeness (QED) is 0.819. The number of ether oxygens (including phenoxy) is 1. The van der Waals surface area contributed by atoms with Gasteiger partial charge in [0.1, 0.15) is 0 Å². The van der Waals surface area contributed by atoms with Crippen molar-refractivity contribution in [3.05, 3.63) is 21.6 Å². The van der Waals surface area contributed by atoms with Crippen molar-refractivity contribution in [3.8, 4) is 5.75 Å². The Bertz CT molecular complexity index is 267. The molecule has 66 valence electrons. The molecule has 1 aromatic carbocycles. The van der Waals surface area contributed by atoms with E-state index in [4.69, 9.17) is 22.1 Å². The van der Waals surface area contributed by atoms with Crippen LogP contribution in [0.2, 0.25) is 5.02 Å². The van der Waals surface area contributed by atoms with Crippen LogP contribution in [-0.4, -0.2) is 6.61 Å². The number of nitrogens with two attached hydrogens (primary N) is 1. The molecule has 0 bridgehead atoms. The zero-order valence-electron chi connectivity index (χ0n) is 6.60. The minimum Gasteiger partial charge on any atom is -0.491 e. The van der Waals surface area contributed by atoms with Crippen LogP contribution >= 0.6 is 27.5 Å². The van der Waals surface area contributed by atoms with Crippen molar-refractivity contribution in [1.82, 2.24) is 0 Å². The first-order valence-electron chi connectivity index (χ1n) is 3.52. The number of halogens is 2. The third kappa shape index (κ3) is 2.05. The number of hydrogen-bond donors (Lipinski definition) is 1. The lowest BCUT2D eigenvalue weighted by atomic mass is 10.3. The Morgan fingerprint density at radius 1 is 1.58 bits per heavy atom. The predicted molar refractivity (Wildman–Crippen MR) is 54.7 cm³/mol. The molecule has 0 aliphatic carbocycles. The van der Waals surface area contributed by atoms with Gasteiger partial charge >= 0.3 is 0 Å². The Morgan fingerprint density at radius 3 is 2.75 bits per heavy atom. The normalized spacial score (nSPS) is 9.92. The van der Waals surface area contributed by atoms with Gasteiger partial charge in [0.05, 0.1) is 16.8 Å². The van der Waals surface area contributed by atoms with Crippen molar-refractivity contribution in [2.24, 2.45) is 0 Å². The summed E-state index contributed by atoms with van der Waals surface area (Å²) in [6.45, 7) is 2.49. The Balaban J connectivity index is 3.10. The minimum absolute atomic E-state index is 0.552. The molecule has 1 rings (SSSR count). The SMILES string of the molecule is CCOc1c(N)cc(Cl)cc1Br. The first-order chi connectivity index (χ1) is 5.65. The second kappa shape index (κ2) is 4.01. The molecule has 0 radical (unpaired) electrons. The van der Waals surface area contributed by atoms with Crippen molar-refractivity contribution < 1.29 is 4.74 Å². The van der Waals surface area contributed by atoms with E-state index in [1.54, 1.807) is 12.1 Å². The van der Waals surface area contributed by atoms with E-state index in [1.165, 1.54) is 0 Å². The van der Waals surface area contributed by atoms with Crippen LogP contribution in [-0.2, 0) is 0 Å². The number of rotatable bonds is 2. The van der Waals surface area contributed by atoms with Crippen molar-refractivity contribution in [3.63, 3.8) is 0 Å². The second-order valence-corrected chi connectivity index (χ2v) is 3.53. The maximum atomic E-state index is 5.76. The molecule has 0 fully saturated rings. The summed E-state index contributed by atoms with van der Waals surface area (Å²) in [6.07, 6.45) is 0. The summed E-state index contributed by atoms with van der Waals surface area (Å²) >= 11 is 9.07. The molecular formula is C8H9BrClNO. The molecule has 0 saturated heterocycles. The highest BCUT2D eigenvalue weighted by Gasteiger charge is 2.06. The fourth-order valence-corrected chi connectivity index (χ4v) is 1.83. The van der Waals surface area contributed by atoms with Gasteiger partial charge in [0, 0.05) is 5.02 Å². The van der Waals surface area contributed by atoms with Crippen molar-refractivity contribution in [2.45, 2.75) is 6.92 Å². The molecule has 0 atom stereocenters. The topological polar surface area (TPSA) is 35.2 Å². The van der Waals surface area contributed by atoms with Crippen LogP contribution in [0.3, 0.4) is 0 Å². The van der Waals surface area contributed by atoms with E-state index in [0.29, 0.717) is 23.1 Å². The van der Waals surface area contributed by atoms with Crippen LogP contribution in [0.25, 0.3) is 0 Å². The predicted octanol–water partition coefficient (Wildman–Crippen LogP) is 3.08. The summed E-state index contributed by atoms with van der Waals surface area (Å²) in [4.78, 5) is 0. The lowest BCUT2D eigenvalue weighted by Gasteiger charge is -2.08. The summed E-state index contributed by atoms with van der Waals surface area (Å²) in [5.41, 5.74) is 6.22. The van der Waals surface area contributed by atoms with E-state index in [1.807, 2.05) is 6.92 Å². The molecule has 1 aromatic rings. The van der Waals surface area contributed by atoms with Crippen LogP contribution in [0.15, 0.2) is 16.6 Å². The lowest BCUT2D eigenvalue weighted by molar-refractivity contribution is 0.340. The first kappa shape index (κ1) is 9.68. The van der Waals surface area contributed by atoms with Gasteiger partial charge in [0.15, 0.2) is 5.75 Å². The van der Waals surface area contributed by atoms with E-state index >= 15 is 0 Å². The fourth-order valence-electron chi connectivity index (χ4n) is 0.877. The first-order valence-corrected chi connectivity index (χ1v) is 4.69. The smallest absolute Gasteiger partial charge is 0.156 e. The van der Waals surface area contributed by atoms with Gasteiger partial charge in [-0.1, -0.05) is 11.6 Å². The van der Waals surface area contributed by atoms with Gasteiger partial charge in [0.25, 0.3) is 0 Å². The summed E-state index contributed by atoms with van der Waals surface area (Å²) < 4.78 is 6.08. The zero-order chi connectivity index (χ0) is 9.14. The van der Waals surface area contributed by atoms with E-state index in [-0.39, 0.29) is 0 Å². The van der Waals surface area contributed by atoms with Crippen LogP contribution in [0.1, 0.15) is 6.92 Å². The van der Waals surface area contributed by atoms with Crippen LogP contribution < -0.4 is 10.5 Å². The molecule has 0 aromatic heterocycles. The molecule has 2 N–H and O–H groups in total. The second-order valence-electron chi connectivity index (χ2n) is 2.24. The van der Waals surface area contributed by atoms with Gasteiger partial charge < -0.3 is 10.5 Å². The average Bonchev–Trinajstić information content (AvgIpc) is 1.96. The van der Waals surface area contributed by atoms with Gasteiger partial charge in [-0.2, -0.15) is 0 Å². The van der Waals surface area contributed by atoms with Gasteiger partial charge in [0.2, 0.25) is 0 Å². The maximum Gasteiger partial charge on any atom is 0.156 e. The molecule has 0 aliphatic heterocycles. The average molecular weight is 251 g/mol. The molecule has 0 saturated carbocycles. The van der Waals surface area contributed by atoms with Gasteiger partial charge in [-0.05, 0) is 35.0 Å². The molecule has 0 unspecified atom stereocenters. The highest BCUT2D eigenvalue weighted by molar-refractivity contribution is 9.10. The molecule has 0 amide bonds. The zero-order valence-corrected chi connectivity index (χ0v) is 8.95. The van der Waals surface area contributed by atoms with Gasteiger partial charge in [-0.25, -0.2) is 0 Å². The summed E-state index contributed by atoms with van der Waals surface area (Å²) in [5.74, 6) is 0.655. The van der Waals surface area contributed by atoms with Crippen LogP contribution in [0.5, 0.6) is 5.75 Å². The van der Waals surface area contributed by atoms with E-state index in [0.717, 1.165) is 4.47 Å². The lowest BCUT2D eigenvalue weighted by Crippen LogP contribution is -1.97. The van der Waals surface area contributed by atoms with Crippen molar-refractivity contribution >= 4 is 33.2 Å². The monoisotopic (exact) mass is 249 g/mol. The third-order valence-electron chi connectivity index (χ3n) is 1.33. The molecule has 12 heavy (non-hydrogen) atoms. The number of hydrogen-bond acceptors (Lipinski definition) is 2. The van der Waals surface area contributed by atoms with Crippen molar-refractivity contribution in [2.75, 3.05) is 12.3 Å². The minimum atomic E-state index is 0.552. The highest BCUT2D eigenvalue weighted by Crippen LogP contribution is 2.34.